The maximum absolute atomic E-state index is 11.8. The number of hydrogen-bond acceptors (Lipinski definition) is 6. The van der Waals surface area contributed by atoms with Crippen molar-refractivity contribution in [2.45, 2.75) is 19.9 Å². The van der Waals surface area contributed by atoms with Crippen molar-refractivity contribution in [3.63, 3.8) is 0 Å². The smallest absolute Gasteiger partial charge is 0.297 e. The van der Waals surface area contributed by atoms with Gasteiger partial charge in [-0.1, -0.05) is 0 Å². The maximum atomic E-state index is 11.8. The molecule has 0 spiro atoms. The molecule has 0 fully saturated rings. The molecule has 94 valence electrons. The molecule has 3 heterocycles. The first-order chi connectivity index (χ1) is 8.72. The third kappa shape index (κ3) is 2.12. The van der Waals surface area contributed by atoms with Crippen LogP contribution < -0.4 is 10.6 Å². The fourth-order valence-corrected chi connectivity index (χ4v) is 2.75. The van der Waals surface area contributed by atoms with Crippen LogP contribution in [0.15, 0.2) is 0 Å². The van der Waals surface area contributed by atoms with Gasteiger partial charge in [0.2, 0.25) is 5.82 Å². The molecule has 0 saturated heterocycles. The number of fused-ring (bicyclic) bond motifs is 1. The quantitative estimate of drug-likeness (QED) is 0.732. The zero-order chi connectivity index (χ0) is 12.5. The first-order valence-electron chi connectivity index (χ1n) is 5.62. The Morgan fingerprint density at radius 2 is 2.33 bits per heavy atom. The van der Waals surface area contributed by atoms with Crippen molar-refractivity contribution >= 4 is 22.4 Å². The number of H-pyrrole nitrogens is 1. The number of thiazole rings is 1. The zero-order valence-corrected chi connectivity index (χ0v) is 10.6. The Kier molecular flexibility index (Phi) is 2.80. The molecule has 0 saturated carbocycles. The summed E-state index contributed by atoms with van der Waals surface area (Å²) in [7, 11) is 0. The highest BCUT2D eigenvalue weighted by Gasteiger charge is 2.18. The number of anilines is 1. The highest BCUT2D eigenvalue weighted by Crippen LogP contribution is 2.25. The van der Waals surface area contributed by atoms with E-state index in [1.807, 2.05) is 0 Å². The van der Waals surface area contributed by atoms with Gasteiger partial charge in [0.15, 0.2) is 5.13 Å². The van der Waals surface area contributed by atoms with Crippen LogP contribution in [-0.4, -0.2) is 32.6 Å². The number of aromatic nitrogens is 4. The van der Waals surface area contributed by atoms with E-state index in [0.717, 1.165) is 25.2 Å². The van der Waals surface area contributed by atoms with Gasteiger partial charge >= 0.3 is 0 Å². The molecule has 7 nitrogen and oxygen atoms in total. The van der Waals surface area contributed by atoms with E-state index in [-0.39, 0.29) is 11.7 Å². The number of hydrogen-bond donors (Lipinski definition) is 3. The van der Waals surface area contributed by atoms with Gasteiger partial charge in [-0.05, 0) is 6.92 Å². The molecule has 3 N–H and O–H groups in total. The number of amides is 1. The van der Waals surface area contributed by atoms with Crippen LogP contribution in [0.5, 0.6) is 0 Å². The topological polar surface area (TPSA) is 95.6 Å². The first kappa shape index (κ1) is 11.3. The minimum absolute atomic E-state index is 0.138. The lowest BCUT2D eigenvalue weighted by Crippen LogP contribution is -2.22. The van der Waals surface area contributed by atoms with Gasteiger partial charge in [-0.3, -0.25) is 15.2 Å². The number of aromatic amines is 1. The summed E-state index contributed by atoms with van der Waals surface area (Å²) in [5, 5.41) is 13.0. The Morgan fingerprint density at radius 3 is 3.06 bits per heavy atom. The average Bonchev–Trinajstić information content (AvgIpc) is 2.94. The molecule has 0 unspecified atom stereocenters. The Labute approximate surface area is 107 Å². The van der Waals surface area contributed by atoms with E-state index in [2.05, 4.69) is 30.8 Å². The summed E-state index contributed by atoms with van der Waals surface area (Å²) in [4.78, 5) is 21.4. The van der Waals surface area contributed by atoms with Crippen molar-refractivity contribution < 1.29 is 4.79 Å². The van der Waals surface area contributed by atoms with Crippen LogP contribution in [0.25, 0.3) is 0 Å². The molecule has 0 atom stereocenters. The molecular formula is C10H12N6OS. The number of carbonyl (C=O) groups is 1. The van der Waals surface area contributed by atoms with Crippen molar-refractivity contribution in [1.82, 2.24) is 25.5 Å². The summed E-state index contributed by atoms with van der Waals surface area (Å²) < 4.78 is 0. The fraction of sp³-hybridized carbons (Fsp3) is 0.400. The minimum atomic E-state index is -0.335. The van der Waals surface area contributed by atoms with Gasteiger partial charge in [0.25, 0.3) is 5.91 Å². The van der Waals surface area contributed by atoms with E-state index in [1.54, 1.807) is 6.92 Å². The summed E-state index contributed by atoms with van der Waals surface area (Å²) in [6.07, 6.45) is 0.904. The van der Waals surface area contributed by atoms with Gasteiger partial charge in [-0.25, -0.2) is 9.97 Å². The Hall–Kier alpha value is -1.80. The minimum Gasteiger partial charge on any atom is -0.311 e. The van der Waals surface area contributed by atoms with E-state index in [0.29, 0.717) is 11.0 Å². The third-order valence-corrected chi connectivity index (χ3v) is 3.64. The largest absolute Gasteiger partial charge is 0.311 e. The average molecular weight is 264 g/mol. The summed E-state index contributed by atoms with van der Waals surface area (Å²) >= 11 is 1.49. The highest BCUT2D eigenvalue weighted by molar-refractivity contribution is 7.15. The molecule has 2 aromatic heterocycles. The number of carbonyl (C=O) groups excluding carboxylic acids is 1. The van der Waals surface area contributed by atoms with Crippen molar-refractivity contribution in [1.29, 1.82) is 0 Å². The van der Waals surface area contributed by atoms with Crippen molar-refractivity contribution in [3.05, 3.63) is 22.2 Å². The summed E-state index contributed by atoms with van der Waals surface area (Å²) in [6.45, 7) is 3.50. The van der Waals surface area contributed by atoms with Gasteiger partial charge in [0, 0.05) is 24.4 Å². The Bertz CT molecular complexity index is 565. The van der Waals surface area contributed by atoms with Crippen LogP contribution in [0.1, 0.15) is 27.0 Å². The van der Waals surface area contributed by atoms with E-state index < -0.39 is 0 Å². The van der Waals surface area contributed by atoms with Gasteiger partial charge in [-0.2, -0.15) is 0 Å². The Morgan fingerprint density at radius 1 is 1.44 bits per heavy atom. The van der Waals surface area contributed by atoms with Crippen LogP contribution in [0, 0.1) is 6.92 Å². The van der Waals surface area contributed by atoms with Crippen LogP contribution in [0.3, 0.4) is 0 Å². The van der Waals surface area contributed by atoms with Gasteiger partial charge in [0.05, 0.1) is 5.69 Å². The molecule has 0 aliphatic carbocycles. The van der Waals surface area contributed by atoms with Gasteiger partial charge in [0.1, 0.15) is 5.82 Å². The summed E-state index contributed by atoms with van der Waals surface area (Å²) in [6, 6.07) is 0. The van der Waals surface area contributed by atoms with Crippen molar-refractivity contribution in [2.24, 2.45) is 0 Å². The van der Waals surface area contributed by atoms with E-state index in [9.17, 15) is 4.79 Å². The molecule has 1 aliphatic rings. The SMILES string of the molecule is Cc1nc(C(=O)Nc2nc3c(s2)CNCC3)n[nH]1. The molecule has 3 rings (SSSR count). The lowest BCUT2D eigenvalue weighted by molar-refractivity contribution is 0.101. The lowest BCUT2D eigenvalue weighted by atomic mass is 10.2. The number of rotatable bonds is 2. The second kappa shape index (κ2) is 4.46. The van der Waals surface area contributed by atoms with E-state index in [4.69, 9.17) is 0 Å². The van der Waals surface area contributed by atoms with Gasteiger partial charge in [-0.15, -0.1) is 16.4 Å². The summed E-state index contributed by atoms with van der Waals surface area (Å²) in [5.74, 6) is 0.417. The molecule has 2 aromatic rings. The second-order valence-electron chi connectivity index (χ2n) is 4.01. The number of nitrogens with zero attached hydrogens (tertiary/aromatic N) is 3. The second-order valence-corrected chi connectivity index (χ2v) is 5.10. The number of nitrogens with one attached hydrogen (secondary N) is 3. The van der Waals surface area contributed by atoms with Crippen LogP contribution in [0.4, 0.5) is 5.13 Å². The van der Waals surface area contributed by atoms with E-state index >= 15 is 0 Å². The normalized spacial score (nSPS) is 14.3. The fourth-order valence-electron chi connectivity index (χ4n) is 1.78. The van der Waals surface area contributed by atoms with Gasteiger partial charge < -0.3 is 5.32 Å². The third-order valence-electron chi connectivity index (χ3n) is 2.62. The van der Waals surface area contributed by atoms with Crippen LogP contribution in [0.2, 0.25) is 0 Å². The first-order valence-corrected chi connectivity index (χ1v) is 6.43. The lowest BCUT2D eigenvalue weighted by Gasteiger charge is -2.09. The molecular weight excluding hydrogens is 252 g/mol. The molecule has 0 bridgehead atoms. The standard InChI is InChI=1S/C10H12N6OS/c1-5-12-8(16-15-5)9(17)14-10-13-6-2-3-11-4-7(6)18-10/h11H,2-4H2,1H3,(H,12,15,16)(H,13,14,17). The Balaban J connectivity index is 1.76. The molecule has 1 aliphatic heterocycles. The zero-order valence-electron chi connectivity index (χ0n) is 9.78. The monoisotopic (exact) mass is 264 g/mol. The predicted octanol–water partition coefficient (Wildman–Crippen LogP) is 0.468. The van der Waals surface area contributed by atoms with Crippen molar-refractivity contribution in [3.8, 4) is 0 Å². The number of aryl methyl sites for hydroxylation is 1. The van der Waals surface area contributed by atoms with Crippen molar-refractivity contribution in [2.75, 3.05) is 11.9 Å². The van der Waals surface area contributed by atoms with Crippen LogP contribution in [-0.2, 0) is 13.0 Å². The molecule has 0 aromatic carbocycles. The molecule has 18 heavy (non-hydrogen) atoms. The van der Waals surface area contributed by atoms with E-state index in [1.165, 1.54) is 16.2 Å². The summed E-state index contributed by atoms with van der Waals surface area (Å²) in [5.41, 5.74) is 1.07. The highest BCUT2D eigenvalue weighted by atomic mass is 32.1. The molecule has 0 radical (unpaired) electrons. The molecule has 1 amide bonds. The predicted molar refractivity (Wildman–Crippen MR) is 66.6 cm³/mol. The maximum Gasteiger partial charge on any atom is 0.297 e. The molecule has 8 heteroatoms. The van der Waals surface area contributed by atoms with Crippen LogP contribution >= 0.6 is 11.3 Å².